The lowest BCUT2D eigenvalue weighted by Crippen LogP contribution is -2.16. The molecule has 84 valence electrons. The van der Waals surface area contributed by atoms with Gasteiger partial charge < -0.3 is 10.2 Å². The van der Waals surface area contributed by atoms with Crippen LogP contribution in [0.2, 0.25) is 0 Å². The number of hydrogen-bond donors (Lipinski definition) is 1. The SMILES string of the molecule is CCN(C)c1cccc(NCC(C)C)c1. The Labute approximate surface area is 93.3 Å². The second kappa shape index (κ2) is 5.64. The molecule has 1 aromatic carbocycles. The molecule has 1 aromatic rings. The predicted octanol–water partition coefficient (Wildman–Crippen LogP) is 3.21. The monoisotopic (exact) mass is 206 g/mol. The third kappa shape index (κ3) is 3.82. The van der Waals surface area contributed by atoms with E-state index < -0.39 is 0 Å². The Kier molecular flexibility index (Phi) is 4.47. The number of nitrogens with one attached hydrogen (secondary N) is 1. The van der Waals surface area contributed by atoms with Crippen molar-refractivity contribution in [1.29, 1.82) is 0 Å². The van der Waals surface area contributed by atoms with E-state index in [9.17, 15) is 0 Å². The van der Waals surface area contributed by atoms with Crippen LogP contribution in [0.3, 0.4) is 0 Å². The Morgan fingerprint density at radius 1 is 1.33 bits per heavy atom. The van der Waals surface area contributed by atoms with Crippen molar-refractivity contribution in [1.82, 2.24) is 0 Å². The lowest BCUT2D eigenvalue weighted by atomic mass is 10.2. The van der Waals surface area contributed by atoms with Gasteiger partial charge in [0.2, 0.25) is 0 Å². The molecule has 0 atom stereocenters. The molecule has 0 unspecified atom stereocenters. The maximum atomic E-state index is 3.44. The Bertz CT molecular complexity index is 294. The first-order valence-corrected chi connectivity index (χ1v) is 5.68. The van der Waals surface area contributed by atoms with Crippen LogP contribution in [0.4, 0.5) is 11.4 Å². The van der Waals surface area contributed by atoms with Gasteiger partial charge in [0.05, 0.1) is 0 Å². The Balaban J connectivity index is 2.65. The molecular formula is C13H22N2. The highest BCUT2D eigenvalue weighted by molar-refractivity contribution is 5.57. The minimum atomic E-state index is 0.678. The summed E-state index contributed by atoms with van der Waals surface area (Å²) in [5.74, 6) is 0.678. The van der Waals surface area contributed by atoms with Gasteiger partial charge in [-0.25, -0.2) is 0 Å². The van der Waals surface area contributed by atoms with Gasteiger partial charge in [-0.05, 0) is 31.0 Å². The van der Waals surface area contributed by atoms with E-state index in [0.29, 0.717) is 5.92 Å². The molecular weight excluding hydrogens is 184 g/mol. The molecule has 0 radical (unpaired) electrons. The summed E-state index contributed by atoms with van der Waals surface area (Å²) in [6.45, 7) is 8.66. The quantitative estimate of drug-likeness (QED) is 0.796. The van der Waals surface area contributed by atoms with E-state index in [1.165, 1.54) is 11.4 Å². The molecule has 15 heavy (non-hydrogen) atoms. The fourth-order valence-corrected chi connectivity index (χ4v) is 1.36. The summed E-state index contributed by atoms with van der Waals surface area (Å²) in [5, 5.41) is 3.44. The summed E-state index contributed by atoms with van der Waals surface area (Å²) in [4.78, 5) is 2.24. The van der Waals surface area contributed by atoms with Crippen LogP contribution in [0, 0.1) is 5.92 Å². The molecule has 0 amide bonds. The molecule has 0 fully saturated rings. The van der Waals surface area contributed by atoms with Gasteiger partial charge >= 0.3 is 0 Å². The van der Waals surface area contributed by atoms with Crippen molar-refractivity contribution < 1.29 is 0 Å². The maximum absolute atomic E-state index is 3.44. The predicted molar refractivity (Wildman–Crippen MR) is 68.7 cm³/mol. The van der Waals surface area contributed by atoms with E-state index in [4.69, 9.17) is 0 Å². The Hall–Kier alpha value is -1.18. The molecule has 0 heterocycles. The number of rotatable bonds is 5. The van der Waals surface area contributed by atoms with Crippen LogP contribution in [0.15, 0.2) is 24.3 Å². The first-order chi connectivity index (χ1) is 7.13. The van der Waals surface area contributed by atoms with Crippen molar-refractivity contribution in [2.75, 3.05) is 30.4 Å². The molecule has 0 aliphatic rings. The summed E-state index contributed by atoms with van der Waals surface area (Å²) >= 11 is 0. The fraction of sp³-hybridized carbons (Fsp3) is 0.538. The van der Waals surface area contributed by atoms with Crippen LogP contribution in [0.1, 0.15) is 20.8 Å². The van der Waals surface area contributed by atoms with Gasteiger partial charge in [0, 0.05) is 31.5 Å². The smallest absolute Gasteiger partial charge is 0.0384 e. The molecule has 0 aliphatic carbocycles. The van der Waals surface area contributed by atoms with Crippen molar-refractivity contribution in [2.24, 2.45) is 5.92 Å². The summed E-state index contributed by atoms with van der Waals surface area (Å²) in [7, 11) is 2.11. The molecule has 0 saturated heterocycles. The lowest BCUT2D eigenvalue weighted by Gasteiger charge is -2.18. The van der Waals surface area contributed by atoms with Crippen LogP contribution < -0.4 is 10.2 Å². The average Bonchev–Trinajstić information content (AvgIpc) is 2.25. The van der Waals surface area contributed by atoms with Crippen LogP contribution >= 0.6 is 0 Å². The van der Waals surface area contributed by atoms with Crippen molar-refractivity contribution in [3.8, 4) is 0 Å². The second-order valence-electron chi connectivity index (χ2n) is 4.34. The van der Waals surface area contributed by atoms with E-state index in [1.54, 1.807) is 0 Å². The first kappa shape index (κ1) is 11.9. The average molecular weight is 206 g/mol. The minimum absolute atomic E-state index is 0.678. The molecule has 0 aromatic heterocycles. The molecule has 0 spiro atoms. The zero-order valence-corrected chi connectivity index (χ0v) is 10.2. The van der Waals surface area contributed by atoms with E-state index in [2.05, 4.69) is 62.3 Å². The van der Waals surface area contributed by atoms with Gasteiger partial charge in [0.25, 0.3) is 0 Å². The van der Waals surface area contributed by atoms with Crippen LogP contribution in [-0.4, -0.2) is 20.1 Å². The topological polar surface area (TPSA) is 15.3 Å². The fourth-order valence-electron chi connectivity index (χ4n) is 1.36. The highest BCUT2D eigenvalue weighted by atomic mass is 15.1. The molecule has 0 saturated carbocycles. The molecule has 2 nitrogen and oxygen atoms in total. The summed E-state index contributed by atoms with van der Waals surface area (Å²) in [6, 6.07) is 8.56. The minimum Gasteiger partial charge on any atom is -0.385 e. The number of anilines is 2. The Morgan fingerprint density at radius 2 is 2.07 bits per heavy atom. The van der Waals surface area contributed by atoms with Gasteiger partial charge in [0.15, 0.2) is 0 Å². The van der Waals surface area contributed by atoms with E-state index in [0.717, 1.165) is 13.1 Å². The first-order valence-electron chi connectivity index (χ1n) is 5.68. The number of hydrogen-bond acceptors (Lipinski definition) is 2. The van der Waals surface area contributed by atoms with Gasteiger partial charge in [0.1, 0.15) is 0 Å². The summed E-state index contributed by atoms with van der Waals surface area (Å²) in [5.41, 5.74) is 2.48. The highest BCUT2D eigenvalue weighted by Gasteiger charge is 1.99. The lowest BCUT2D eigenvalue weighted by molar-refractivity contribution is 0.689. The van der Waals surface area contributed by atoms with E-state index in [-0.39, 0.29) is 0 Å². The van der Waals surface area contributed by atoms with Crippen molar-refractivity contribution >= 4 is 11.4 Å². The molecule has 2 heteroatoms. The van der Waals surface area contributed by atoms with Crippen molar-refractivity contribution in [2.45, 2.75) is 20.8 Å². The van der Waals surface area contributed by atoms with Crippen LogP contribution in [0.5, 0.6) is 0 Å². The number of benzene rings is 1. The van der Waals surface area contributed by atoms with Crippen molar-refractivity contribution in [3.63, 3.8) is 0 Å². The third-order valence-corrected chi connectivity index (χ3v) is 2.48. The normalized spacial score (nSPS) is 10.5. The van der Waals surface area contributed by atoms with Crippen LogP contribution in [-0.2, 0) is 0 Å². The second-order valence-corrected chi connectivity index (χ2v) is 4.34. The van der Waals surface area contributed by atoms with E-state index >= 15 is 0 Å². The van der Waals surface area contributed by atoms with Crippen LogP contribution in [0.25, 0.3) is 0 Å². The van der Waals surface area contributed by atoms with Gasteiger partial charge in [-0.15, -0.1) is 0 Å². The van der Waals surface area contributed by atoms with Gasteiger partial charge in [-0.3, -0.25) is 0 Å². The molecule has 0 aliphatic heterocycles. The zero-order chi connectivity index (χ0) is 11.3. The van der Waals surface area contributed by atoms with Gasteiger partial charge in [-0.1, -0.05) is 19.9 Å². The largest absolute Gasteiger partial charge is 0.385 e. The third-order valence-electron chi connectivity index (χ3n) is 2.48. The van der Waals surface area contributed by atoms with Gasteiger partial charge in [-0.2, -0.15) is 0 Å². The van der Waals surface area contributed by atoms with E-state index in [1.807, 2.05) is 0 Å². The molecule has 1 rings (SSSR count). The Morgan fingerprint density at radius 3 is 2.67 bits per heavy atom. The molecule has 1 N–H and O–H groups in total. The molecule has 0 bridgehead atoms. The summed E-state index contributed by atoms with van der Waals surface area (Å²) in [6.07, 6.45) is 0. The zero-order valence-electron chi connectivity index (χ0n) is 10.2. The van der Waals surface area contributed by atoms with Crippen molar-refractivity contribution in [3.05, 3.63) is 24.3 Å². The maximum Gasteiger partial charge on any atom is 0.0384 e. The standard InChI is InChI=1S/C13H22N2/c1-5-15(4)13-8-6-7-12(9-13)14-10-11(2)3/h6-9,11,14H,5,10H2,1-4H3. The number of nitrogens with zero attached hydrogens (tertiary/aromatic N) is 1. The summed E-state index contributed by atoms with van der Waals surface area (Å²) < 4.78 is 0. The highest BCUT2D eigenvalue weighted by Crippen LogP contribution is 2.18.